The molecule has 3 heteroatoms. The van der Waals surface area contributed by atoms with E-state index < -0.39 is 0 Å². The molecule has 0 fully saturated rings. The lowest BCUT2D eigenvalue weighted by molar-refractivity contribution is 0.0948. The van der Waals surface area contributed by atoms with E-state index in [4.69, 9.17) is 0 Å². The zero-order valence-electron chi connectivity index (χ0n) is 13.6. The van der Waals surface area contributed by atoms with Gasteiger partial charge < -0.3 is 5.32 Å². The van der Waals surface area contributed by atoms with Gasteiger partial charge in [0.05, 0.1) is 0 Å². The monoisotopic (exact) mass is 429 g/mol. The van der Waals surface area contributed by atoms with Gasteiger partial charge in [0, 0.05) is 15.7 Å². The molecular weight excluding hydrogens is 409 g/mol. The van der Waals surface area contributed by atoms with E-state index in [1.807, 2.05) is 24.3 Å². The highest BCUT2D eigenvalue weighted by molar-refractivity contribution is 14.1. The number of nitrogens with one attached hydrogen (secondary N) is 1. The minimum absolute atomic E-state index is 0.00159. The quantitative estimate of drug-likeness (QED) is 0.565. The van der Waals surface area contributed by atoms with Gasteiger partial charge in [0.25, 0.3) is 5.91 Å². The molecule has 0 aliphatic carbocycles. The van der Waals surface area contributed by atoms with Crippen molar-refractivity contribution in [2.45, 2.75) is 13.3 Å². The fraction of sp³-hybridized carbons (Fsp3) is 0.190. The number of halogens is 1. The van der Waals surface area contributed by atoms with Crippen LogP contribution in [-0.4, -0.2) is 12.5 Å². The van der Waals surface area contributed by atoms with Gasteiger partial charge in [-0.25, -0.2) is 0 Å². The van der Waals surface area contributed by atoms with E-state index in [-0.39, 0.29) is 5.91 Å². The van der Waals surface area contributed by atoms with Crippen LogP contribution in [0.5, 0.6) is 0 Å². The molecule has 3 rings (SSSR count). The van der Waals surface area contributed by atoms with Crippen molar-refractivity contribution in [3.63, 3.8) is 0 Å². The summed E-state index contributed by atoms with van der Waals surface area (Å²) in [6.45, 7) is 2.85. The van der Waals surface area contributed by atoms with Crippen LogP contribution < -0.4 is 5.32 Å². The average molecular weight is 429 g/mol. The minimum atomic E-state index is -0.00159. The molecule has 0 unspecified atom stereocenters. The fourth-order valence-corrected chi connectivity index (χ4v) is 3.46. The van der Waals surface area contributed by atoms with E-state index in [1.165, 1.54) is 16.3 Å². The van der Waals surface area contributed by atoms with Crippen molar-refractivity contribution in [1.82, 2.24) is 5.32 Å². The molecular formula is C21H20INO. The first-order chi connectivity index (χ1) is 11.6. The minimum Gasteiger partial charge on any atom is -0.352 e. The molecule has 0 saturated heterocycles. The van der Waals surface area contributed by atoms with Gasteiger partial charge in [0.2, 0.25) is 0 Å². The molecule has 24 heavy (non-hydrogen) atoms. The maximum atomic E-state index is 12.3. The lowest BCUT2D eigenvalue weighted by atomic mass is 9.96. The zero-order valence-corrected chi connectivity index (χ0v) is 15.8. The molecule has 0 radical (unpaired) electrons. The molecule has 0 aromatic heterocycles. The predicted octanol–water partition coefficient (Wildman–Crippen LogP) is 5.05. The van der Waals surface area contributed by atoms with Crippen LogP contribution in [0.25, 0.3) is 10.8 Å². The fourth-order valence-electron chi connectivity index (χ4n) is 2.92. The van der Waals surface area contributed by atoms with Crippen molar-refractivity contribution < 1.29 is 4.79 Å². The SMILES string of the molecule is C[C@@H](CNC(=O)c1cccc(I)c1)Cc1cccc2ccccc12. The van der Waals surface area contributed by atoms with Crippen LogP contribution in [0.1, 0.15) is 22.8 Å². The van der Waals surface area contributed by atoms with Gasteiger partial charge in [-0.05, 0) is 69.5 Å². The van der Waals surface area contributed by atoms with Gasteiger partial charge in [-0.15, -0.1) is 0 Å². The molecule has 0 aliphatic heterocycles. The number of carbonyl (C=O) groups excluding carboxylic acids is 1. The van der Waals surface area contributed by atoms with Gasteiger partial charge in [-0.1, -0.05) is 55.5 Å². The maximum absolute atomic E-state index is 12.3. The average Bonchev–Trinajstić information content (AvgIpc) is 2.60. The lowest BCUT2D eigenvalue weighted by Gasteiger charge is -2.14. The van der Waals surface area contributed by atoms with E-state index >= 15 is 0 Å². The highest BCUT2D eigenvalue weighted by atomic mass is 127. The lowest BCUT2D eigenvalue weighted by Crippen LogP contribution is -2.29. The van der Waals surface area contributed by atoms with Crippen LogP contribution in [0.3, 0.4) is 0 Å². The predicted molar refractivity (Wildman–Crippen MR) is 108 cm³/mol. The second kappa shape index (κ2) is 7.79. The summed E-state index contributed by atoms with van der Waals surface area (Å²) in [4.78, 5) is 12.3. The van der Waals surface area contributed by atoms with Crippen molar-refractivity contribution in [3.8, 4) is 0 Å². The molecule has 0 aliphatic rings. The van der Waals surface area contributed by atoms with Crippen molar-refractivity contribution >= 4 is 39.3 Å². The van der Waals surface area contributed by atoms with Crippen LogP contribution in [0.2, 0.25) is 0 Å². The van der Waals surface area contributed by atoms with Gasteiger partial charge in [0.15, 0.2) is 0 Å². The smallest absolute Gasteiger partial charge is 0.251 e. The Morgan fingerprint density at radius 1 is 1.04 bits per heavy atom. The highest BCUT2D eigenvalue weighted by Crippen LogP contribution is 2.21. The molecule has 3 aromatic carbocycles. The number of amides is 1. The molecule has 0 spiro atoms. The van der Waals surface area contributed by atoms with E-state index in [0.29, 0.717) is 12.5 Å². The number of carbonyl (C=O) groups is 1. The number of rotatable bonds is 5. The largest absolute Gasteiger partial charge is 0.352 e. The molecule has 1 atom stereocenters. The second-order valence-corrected chi connectivity index (χ2v) is 7.41. The highest BCUT2D eigenvalue weighted by Gasteiger charge is 2.10. The maximum Gasteiger partial charge on any atom is 0.251 e. The van der Waals surface area contributed by atoms with E-state index in [2.05, 4.69) is 77.3 Å². The summed E-state index contributed by atoms with van der Waals surface area (Å²) in [6.07, 6.45) is 0.952. The first-order valence-electron chi connectivity index (χ1n) is 8.14. The van der Waals surface area contributed by atoms with E-state index in [9.17, 15) is 4.79 Å². The Bertz CT molecular complexity index is 854. The van der Waals surface area contributed by atoms with Crippen LogP contribution in [0, 0.1) is 9.49 Å². The van der Waals surface area contributed by atoms with Crippen molar-refractivity contribution in [2.75, 3.05) is 6.54 Å². The number of hydrogen-bond acceptors (Lipinski definition) is 1. The van der Waals surface area contributed by atoms with Crippen LogP contribution in [0.4, 0.5) is 0 Å². The molecule has 0 heterocycles. The summed E-state index contributed by atoms with van der Waals surface area (Å²) in [6, 6.07) is 22.5. The Hall–Kier alpha value is -1.88. The molecule has 0 bridgehead atoms. The molecule has 3 aromatic rings. The first-order valence-corrected chi connectivity index (χ1v) is 9.22. The zero-order chi connectivity index (χ0) is 16.9. The molecule has 1 amide bonds. The summed E-state index contributed by atoms with van der Waals surface area (Å²) in [5.74, 6) is 0.376. The third kappa shape index (κ3) is 4.15. The Morgan fingerprint density at radius 2 is 1.79 bits per heavy atom. The van der Waals surface area contributed by atoms with E-state index in [1.54, 1.807) is 0 Å². The Labute approximate surface area is 156 Å². The summed E-state index contributed by atoms with van der Waals surface area (Å²) < 4.78 is 1.07. The van der Waals surface area contributed by atoms with Crippen LogP contribution in [-0.2, 0) is 6.42 Å². The van der Waals surface area contributed by atoms with Crippen molar-refractivity contribution in [2.24, 2.45) is 5.92 Å². The summed E-state index contributed by atoms with van der Waals surface area (Å²) in [7, 11) is 0. The number of hydrogen-bond donors (Lipinski definition) is 1. The van der Waals surface area contributed by atoms with Gasteiger partial charge in [-0.3, -0.25) is 4.79 Å². The first kappa shape index (κ1) is 17.0. The normalized spacial score (nSPS) is 12.1. The standard InChI is InChI=1S/C21H20INO/c1-15(14-23-21(24)18-9-5-10-19(22)13-18)12-17-8-4-7-16-6-2-3-11-20(16)17/h2-11,13,15H,12,14H2,1H3,(H,23,24)/t15-/m1/s1. The summed E-state index contributed by atoms with van der Waals surface area (Å²) in [5, 5.41) is 5.62. The van der Waals surface area contributed by atoms with E-state index in [0.717, 1.165) is 15.6 Å². The molecule has 2 nitrogen and oxygen atoms in total. The Balaban J connectivity index is 1.63. The number of benzene rings is 3. The third-order valence-corrected chi connectivity index (χ3v) is 4.82. The third-order valence-electron chi connectivity index (χ3n) is 4.15. The van der Waals surface area contributed by atoms with Gasteiger partial charge in [0.1, 0.15) is 0 Å². The van der Waals surface area contributed by atoms with Gasteiger partial charge in [-0.2, -0.15) is 0 Å². The van der Waals surface area contributed by atoms with Crippen LogP contribution in [0.15, 0.2) is 66.7 Å². The van der Waals surface area contributed by atoms with Gasteiger partial charge >= 0.3 is 0 Å². The Morgan fingerprint density at radius 3 is 2.62 bits per heavy atom. The number of fused-ring (bicyclic) bond motifs is 1. The topological polar surface area (TPSA) is 29.1 Å². The molecule has 122 valence electrons. The van der Waals surface area contributed by atoms with Crippen molar-refractivity contribution in [3.05, 3.63) is 81.4 Å². The molecule has 1 N–H and O–H groups in total. The molecule has 0 saturated carbocycles. The summed E-state index contributed by atoms with van der Waals surface area (Å²) in [5.41, 5.74) is 2.06. The van der Waals surface area contributed by atoms with Crippen molar-refractivity contribution in [1.29, 1.82) is 0 Å². The van der Waals surface area contributed by atoms with Crippen LogP contribution >= 0.6 is 22.6 Å². The summed E-state index contributed by atoms with van der Waals surface area (Å²) >= 11 is 2.22. The Kier molecular flexibility index (Phi) is 5.51. The second-order valence-electron chi connectivity index (χ2n) is 6.17.